The van der Waals surface area contributed by atoms with Crippen LogP contribution in [0.1, 0.15) is 69.8 Å². The number of aliphatic hydroxyl groups is 1. The van der Waals surface area contributed by atoms with Gasteiger partial charge in [-0.15, -0.1) is 12.1 Å². The fourth-order valence-electron chi connectivity index (χ4n) is 2.33. The molecule has 0 aromatic heterocycles. The molecule has 1 N–H and O–H groups in total. The summed E-state index contributed by atoms with van der Waals surface area (Å²) >= 11 is 0. The minimum absolute atomic E-state index is 0. The standard InChI is InChI=1S/C8H7.2C5H10.CH4O.Zr/c1-2-8-6-4-3-5-7-8;2*1-2-4-5-3-1;1-2;/h1-7H;2*1-5H2;2H,1H3;/q-1;;;;+3. The molecule has 0 bridgehead atoms. The summed E-state index contributed by atoms with van der Waals surface area (Å²) in [4.78, 5) is 0. The summed E-state index contributed by atoms with van der Waals surface area (Å²) in [5.74, 6) is 0. The van der Waals surface area contributed by atoms with Crippen molar-refractivity contribution in [2.45, 2.75) is 64.2 Å². The number of aliphatic hydroxyl groups excluding tert-OH is 1. The monoisotopic (exact) mass is 365 g/mol. The minimum Gasteiger partial charge on any atom is -0.400 e. The van der Waals surface area contributed by atoms with Crippen molar-refractivity contribution >= 4 is 6.08 Å². The maximum absolute atomic E-state index is 7.00. The Balaban J connectivity index is 0. The van der Waals surface area contributed by atoms with Gasteiger partial charge in [0.1, 0.15) is 0 Å². The number of hydrogen-bond acceptors (Lipinski definition) is 1. The van der Waals surface area contributed by atoms with Crippen LogP contribution in [0, 0.1) is 6.58 Å². The van der Waals surface area contributed by atoms with Gasteiger partial charge in [-0.05, 0) is 0 Å². The molecule has 0 unspecified atom stereocenters. The summed E-state index contributed by atoms with van der Waals surface area (Å²) < 4.78 is 0. The normalized spacial score (nSPS) is 15.0. The van der Waals surface area contributed by atoms with Crippen LogP contribution in [-0.4, -0.2) is 12.2 Å². The minimum atomic E-state index is 0. The van der Waals surface area contributed by atoms with Gasteiger partial charge in [0.2, 0.25) is 0 Å². The van der Waals surface area contributed by atoms with Crippen molar-refractivity contribution in [1.29, 1.82) is 0 Å². The maximum Gasteiger partial charge on any atom is 3.00 e. The van der Waals surface area contributed by atoms with E-state index in [1.807, 2.05) is 30.3 Å². The van der Waals surface area contributed by atoms with Gasteiger partial charge in [0.15, 0.2) is 0 Å². The quantitative estimate of drug-likeness (QED) is 0.638. The summed E-state index contributed by atoms with van der Waals surface area (Å²) in [7, 11) is 1.00. The van der Waals surface area contributed by atoms with E-state index in [-0.39, 0.29) is 26.2 Å². The molecule has 1 nitrogen and oxygen atoms in total. The first-order valence-corrected chi connectivity index (χ1v) is 7.98. The third kappa shape index (κ3) is 16.0. The van der Waals surface area contributed by atoms with Gasteiger partial charge < -0.3 is 5.11 Å². The molecule has 2 aliphatic carbocycles. The van der Waals surface area contributed by atoms with E-state index < -0.39 is 0 Å². The molecule has 115 valence electrons. The summed E-state index contributed by atoms with van der Waals surface area (Å²) in [5.41, 5.74) is 1.06. The van der Waals surface area contributed by atoms with Crippen molar-refractivity contribution in [3.05, 3.63) is 42.5 Å². The van der Waals surface area contributed by atoms with Gasteiger partial charge in [0.05, 0.1) is 0 Å². The van der Waals surface area contributed by atoms with Crippen molar-refractivity contribution in [2.75, 3.05) is 7.11 Å². The molecule has 0 atom stereocenters. The van der Waals surface area contributed by atoms with Crippen LogP contribution in [0.25, 0.3) is 6.08 Å². The van der Waals surface area contributed by atoms with Crippen LogP contribution in [0.4, 0.5) is 0 Å². The van der Waals surface area contributed by atoms with Gasteiger partial charge in [-0.2, -0.15) is 5.56 Å². The van der Waals surface area contributed by atoms with Crippen molar-refractivity contribution in [1.82, 2.24) is 0 Å². The Labute approximate surface area is 151 Å². The third-order valence-electron chi connectivity index (χ3n) is 3.49. The molecule has 0 heterocycles. The van der Waals surface area contributed by atoms with Gasteiger partial charge >= 0.3 is 26.2 Å². The molecule has 2 heteroatoms. The number of hydrogen-bond donors (Lipinski definition) is 1. The Morgan fingerprint density at radius 3 is 1.19 bits per heavy atom. The second-order valence-electron chi connectivity index (χ2n) is 5.11. The first-order chi connectivity index (χ1) is 9.93. The van der Waals surface area contributed by atoms with E-state index in [4.69, 9.17) is 11.7 Å². The van der Waals surface area contributed by atoms with Crippen LogP contribution in [0.15, 0.2) is 30.3 Å². The van der Waals surface area contributed by atoms with Crippen LogP contribution in [-0.2, 0) is 26.2 Å². The molecule has 0 saturated heterocycles. The maximum atomic E-state index is 7.00. The number of benzene rings is 1. The topological polar surface area (TPSA) is 20.2 Å². The zero-order chi connectivity index (χ0) is 14.9. The van der Waals surface area contributed by atoms with E-state index in [1.54, 1.807) is 6.08 Å². The van der Waals surface area contributed by atoms with Crippen molar-refractivity contribution < 1.29 is 31.3 Å². The molecule has 2 fully saturated rings. The zero-order valence-corrected chi connectivity index (χ0v) is 16.0. The van der Waals surface area contributed by atoms with Gasteiger partial charge in [-0.25, -0.2) is 6.08 Å². The summed E-state index contributed by atoms with van der Waals surface area (Å²) in [6.07, 6.45) is 16.6. The molecule has 0 amide bonds. The average Bonchev–Trinajstić information content (AvgIpc) is 3.27. The molecular formula is C19H31OZr+2. The average molecular weight is 367 g/mol. The van der Waals surface area contributed by atoms with E-state index in [0.717, 1.165) is 12.7 Å². The molecular weight excluding hydrogens is 335 g/mol. The molecule has 0 spiro atoms. The van der Waals surface area contributed by atoms with E-state index in [0.29, 0.717) is 0 Å². The Kier molecular flexibility index (Phi) is 21.8. The molecule has 3 rings (SSSR count). The predicted molar refractivity (Wildman–Crippen MR) is 89.5 cm³/mol. The fourth-order valence-corrected chi connectivity index (χ4v) is 2.33. The van der Waals surface area contributed by atoms with E-state index in [2.05, 4.69) is 0 Å². The van der Waals surface area contributed by atoms with E-state index in [1.165, 1.54) is 64.2 Å². The molecule has 1 aromatic rings. The van der Waals surface area contributed by atoms with E-state index >= 15 is 0 Å². The van der Waals surface area contributed by atoms with Crippen LogP contribution in [0.3, 0.4) is 0 Å². The van der Waals surface area contributed by atoms with E-state index in [9.17, 15) is 0 Å². The van der Waals surface area contributed by atoms with Crippen LogP contribution in [0.2, 0.25) is 0 Å². The van der Waals surface area contributed by atoms with Crippen LogP contribution >= 0.6 is 0 Å². The summed E-state index contributed by atoms with van der Waals surface area (Å²) in [6, 6.07) is 9.80. The second-order valence-corrected chi connectivity index (χ2v) is 5.11. The molecule has 2 aliphatic rings. The van der Waals surface area contributed by atoms with Crippen molar-refractivity contribution in [3.63, 3.8) is 0 Å². The molecule has 2 saturated carbocycles. The SMILES string of the molecule is C1CCCC1.C1CCCC1.CO.[CH-]=Cc1ccccc1.[Zr+3]. The van der Waals surface area contributed by atoms with Gasteiger partial charge in [0.25, 0.3) is 0 Å². The molecule has 21 heavy (non-hydrogen) atoms. The molecule has 1 radical (unpaired) electrons. The zero-order valence-electron chi connectivity index (χ0n) is 13.6. The second kappa shape index (κ2) is 19.8. The summed E-state index contributed by atoms with van der Waals surface area (Å²) in [5, 5.41) is 7.00. The Bertz CT molecular complexity index is 264. The fraction of sp³-hybridized carbons (Fsp3) is 0.579. The first kappa shape index (κ1) is 23.1. The van der Waals surface area contributed by atoms with Crippen LogP contribution < -0.4 is 0 Å². The Morgan fingerprint density at radius 1 is 0.714 bits per heavy atom. The molecule has 0 aliphatic heterocycles. The largest absolute Gasteiger partial charge is 3.00 e. The molecule has 1 aromatic carbocycles. The number of rotatable bonds is 1. The smallest absolute Gasteiger partial charge is 0.400 e. The summed E-state index contributed by atoms with van der Waals surface area (Å²) in [6.45, 7) is 5.22. The van der Waals surface area contributed by atoms with Gasteiger partial charge in [0, 0.05) is 7.11 Å². The van der Waals surface area contributed by atoms with Gasteiger partial charge in [-0.1, -0.05) is 82.4 Å². The van der Waals surface area contributed by atoms with Gasteiger partial charge in [-0.3, -0.25) is 6.58 Å². The van der Waals surface area contributed by atoms with Crippen LogP contribution in [0.5, 0.6) is 0 Å². The third-order valence-corrected chi connectivity index (χ3v) is 3.49. The Morgan fingerprint density at radius 2 is 1.00 bits per heavy atom. The first-order valence-electron chi connectivity index (χ1n) is 7.98. The van der Waals surface area contributed by atoms with Crippen molar-refractivity contribution in [3.8, 4) is 0 Å². The predicted octanol–water partition coefficient (Wildman–Crippen LogP) is 5.64. The Hall–Kier alpha value is -0.197. The van der Waals surface area contributed by atoms with Crippen molar-refractivity contribution in [2.24, 2.45) is 0 Å².